The third-order valence-corrected chi connectivity index (χ3v) is 4.54. The first kappa shape index (κ1) is 14.7. The molecule has 6 nitrogen and oxygen atoms in total. The van der Waals surface area contributed by atoms with Crippen LogP contribution in [0.4, 0.5) is 0 Å². The first-order valence-electron chi connectivity index (χ1n) is 6.96. The number of hydrogen-bond donors (Lipinski definition) is 2. The van der Waals surface area contributed by atoms with Gasteiger partial charge in [-0.25, -0.2) is 13.1 Å². The molecule has 2 fully saturated rings. The van der Waals surface area contributed by atoms with Gasteiger partial charge in [0.05, 0.1) is 12.3 Å². The number of likely N-dealkylation sites (tertiary alicyclic amines) is 1. The zero-order valence-corrected chi connectivity index (χ0v) is 12.2. The van der Waals surface area contributed by atoms with Gasteiger partial charge >= 0.3 is 0 Å². The van der Waals surface area contributed by atoms with Crippen LogP contribution in [0.5, 0.6) is 0 Å². The highest BCUT2D eigenvalue weighted by molar-refractivity contribution is 7.88. The average Bonchev–Trinajstić information content (AvgIpc) is 2.89. The molecule has 0 saturated carbocycles. The molecule has 2 saturated heterocycles. The summed E-state index contributed by atoms with van der Waals surface area (Å²) in [5.41, 5.74) is 0. The van der Waals surface area contributed by atoms with Gasteiger partial charge in [-0.15, -0.1) is 0 Å². The van der Waals surface area contributed by atoms with Crippen LogP contribution < -0.4 is 10.0 Å². The van der Waals surface area contributed by atoms with Crippen molar-refractivity contribution in [1.82, 2.24) is 14.9 Å². The fraction of sp³-hybridized carbons (Fsp3) is 0.917. The maximum atomic E-state index is 12.4. The Balaban J connectivity index is 1.96. The van der Waals surface area contributed by atoms with Crippen LogP contribution in [0.2, 0.25) is 0 Å². The van der Waals surface area contributed by atoms with Crippen LogP contribution in [0.3, 0.4) is 0 Å². The Morgan fingerprint density at radius 1 is 1.32 bits per heavy atom. The first-order chi connectivity index (χ1) is 8.97. The van der Waals surface area contributed by atoms with Gasteiger partial charge in [-0.3, -0.25) is 4.79 Å². The molecule has 2 atom stereocenters. The van der Waals surface area contributed by atoms with Gasteiger partial charge in [0.2, 0.25) is 15.9 Å². The van der Waals surface area contributed by atoms with E-state index in [4.69, 9.17) is 0 Å². The molecule has 0 aromatic carbocycles. The van der Waals surface area contributed by atoms with Crippen LogP contribution >= 0.6 is 0 Å². The van der Waals surface area contributed by atoms with E-state index < -0.39 is 10.0 Å². The van der Waals surface area contributed by atoms with Gasteiger partial charge in [0.15, 0.2) is 0 Å². The fourth-order valence-corrected chi connectivity index (χ4v) is 3.34. The van der Waals surface area contributed by atoms with Crippen LogP contribution in [0.1, 0.15) is 32.1 Å². The summed E-state index contributed by atoms with van der Waals surface area (Å²) in [5, 5.41) is 3.22. The molecule has 110 valence electrons. The van der Waals surface area contributed by atoms with E-state index in [0.717, 1.165) is 51.4 Å². The molecule has 1 amide bonds. The van der Waals surface area contributed by atoms with Crippen LogP contribution in [0, 0.1) is 0 Å². The zero-order valence-electron chi connectivity index (χ0n) is 11.4. The summed E-state index contributed by atoms with van der Waals surface area (Å²) in [6.45, 7) is 1.97. The minimum Gasteiger partial charge on any atom is -0.337 e. The van der Waals surface area contributed by atoms with E-state index in [1.54, 1.807) is 0 Å². The van der Waals surface area contributed by atoms with Crippen molar-refractivity contribution < 1.29 is 13.2 Å². The highest BCUT2D eigenvalue weighted by Gasteiger charge is 2.32. The summed E-state index contributed by atoms with van der Waals surface area (Å²) in [7, 11) is -3.20. The minimum absolute atomic E-state index is 0.00150. The maximum absolute atomic E-state index is 12.4. The van der Waals surface area contributed by atoms with Crippen molar-refractivity contribution in [3.05, 3.63) is 0 Å². The number of hydrogen-bond acceptors (Lipinski definition) is 4. The van der Waals surface area contributed by atoms with Crippen molar-refractivity contribution in [3.8, 4) is 0 Å². The van der Waals surface area contributed by atoms with Crippen LogP contribution in [0.25, 0.3) is 0 Å². The third kappa shape index (κ3) is 4.15. The lowest BCUT2D eigenvalue weighted by Gasteiger charge is -2.37. The van der Waals surface area contributed by atoms with Gasteiger partial charge in [0.25, 0.3) is 0 Å². The second-order valence-electron chi connectivity index (χ2n) is 5.45. The maximum Gasteiger partial charge on any atom is 0.239 e. The number of nitrogens with zero attached hydrogens (tertiary/aromatic N) is 1. The Kier molecular flexibility index (Phi) is 4.81. The molecule has 1 unspecified atom stereocenters. The summed E-state index contributed by atoms with van der Waals surface area (Å²) < 4.78 is 24.9. The van der Waals surface area contributed by atoms with Crippen molar-refractivity contribution in [1.29, 1.82) is 0 Å². The molecule has 0 aromatic heterocycles. The van der Waals surface area contributed by atoms with E-state index >= 15 is 0 Å². The highest BCUT2D eigenvalue weighted by atomic mass is 32.2. The van der Waals surface area contributed by atoms with E-state index in [9.17, 15) is 13.2 Å². The van der Waals surface area contributed by atoms with Gasteiger partial charge in [-0.2, -0.15) is 0 Å². The number of carbonyl (C=O) groups excluding carboxylic acids is 1. The van der Waals surface area contributed by atoms with Gasteiger partial charge in [-0.1, -0.05) is 0 Å². The predicted octanol–water partition coefficient (Wildman–Crippen LogP) is -0.331. The number of nitrogens with one attached hydrogen (secondary N) is 2. The Labute approximate surface area is 115 Å². The van der Waals surface area contributed by atoms with E-state index in [1.165, 1.54) is 0 Å². The fourth-order valence-electron chi connectivity index (χ4n) is 2.85. The normalized spacial score (nSPS) is 28.6. The van der Waals surface area contributed by atoms with E-state index in [0.29, 0.717) is 6.54 Å². The molecule has 2 heterocycles. The molecule has 2 aliphatic rings. The summed E-state index contributed by atoms with van der Waals surface area (Å²) in [4.78, 5) is 14.3. The number of piperidine rings is 1. The van der Waals surface area contributed by atoms with Gasteiger partial charge in [0, 0.05) is 19.1 Å². The van der Waals surface area contributed by atoms with Crippen molar-refractivity contribution in [2.24, 2.45) is 0 Å². The number of rotatable bonds is 4. The van der Waals surface area contributed by atoms with Gasteiger partial charge in [-0.05, 0) is 38.6 Å². The Morgan fingerprint density at radius 3 is 2.74 bits per heavy atom. The van der Waals surface area contributed by atoms with Crippen LogP contribution in [-0.4, -0.2) is 57.2 Å². The molecular weight excluding hydrogens is 266 g/mol. The lowest BCUT2D eigenvalue weighted by atomic mass is 10.0. The molecule has 2 aliphatic heterocycles. The molecule has 0 spiro atoms. The van der Waals surface area contributed by atoms with Gasteiger partial charge < -0.3 is 10.2 Å². The average molecular weight is 289 g/mol. The largest absolute Gasteiger partial charge is 0.337 e. The number of carbonyl (C=O) groups is 1. The quantitative estimate of drug-likeness (QED) is 0.743. The summed E-state index contributed by atoms with van der Waals surface area (Å²) in [6.07, 6.45) is 6.02. The zero-order chi connectivity index (χ0) is 13.9. The second-order valence-corrected chi connectivity index (χ2v) is 7.28. The molecule has 2 N–H and O–H groups in total. The monoisotopic (exact) mass is 289 g/mol. The van der Waals surface area contributed by atoms with Crippen LogP contribution in [-0.2, 0) is 14.8 Å². The topological polar surface area (TPSA) is 78.5 Å². The third-order valence-electron chi connectivity index (χ3n) is 3.85. The van der Waals surface area contributed by atoms with Crippen molar-refractivity contribution >= 4 is 15.9 Å². The lowest BCUT2D eigenvalue weighted by molar-refractivity contribution is -0.136. The summed E-state index contributed by atoms with van der Waals surface area (Å²) in [6, 6.07) is -0.0720. The minimum atomic E-state index is -3.20. The first-order valence-corrected chi connectivity index (χ1v) is 8.85. The Bertz CT molecular complexity index is 418. The van der Waals surface area contributed by atoms with Crippen molar-refractivity contribution in [2.75, 3.05) is 25.9 Å². The highest BCUT2D eigenvalue weighted by Crippen LogP contribution is 2.19. The van der Waals surface area contributed by atoms with E-state index in [-0.39, 0.29) is 18.0 Å². The van der Waals surface area contributed by atoms with E-state index in [2.05, 4.69) is 10.0 Å². The van der Waals surface area contributed by atoms with Crippen molar-refractivity contribution in [2.45, 2.75) is 44.2 Å². The molecule has 0 aromatic rings. The predicted molar refractivity (Wildman–Crippen MR) is 73.2 cm³/mol. The van der Waals surface area contributed by atoms with Gasteiger partial charge in [0.1, 0.15) is 0 Å². The molecule has 0 radical (unpaired) electrons. The number of amides is 1. The summed E-state index contributed by atoms with van der Waals surface area (Å²) >= 11 is 0. The molecular formula is C12H23N3O3S. The second kappa shape index (κ2) is 6.19. The van der Waals surface area contributed by atoms with E-state index in [1.807, 2.05) is 4.90 Å². The Hall–Kier alpha value is -0.660. The molecule has 0 aliphatic carbocycles. The number of sulfonamides is 1. The van der Waals surface area contributed by atoms with Crippen LogP contribution in [0.15, 0.2) is 0 Å². The SMILES string of the molecule is CS(=O)(=O)NCC1CCCCN1C(=O)[C@H]1CCCN1. The molecule has 19 heavy (non-hydrogen) atoms. The molecule has 0 bridgehead atoms. The van der Waals surface area contributed by atoms with Crippen molar-refractivity contribution in [3.63, 3.8) is 0 Å². The lowest BCUT2D eigenvalue weighted by Crippen LogP contribution is -2.53. The molecule has 2 rings (SSSR count). The standard InChI is InChI=1S/C12H23N3O3S/c1-19(17,18)14-9-10-5-2-3-8-15(10)12(16)11-6-4-7-13-11/h10-11,13-14H,2-9H2,1H3/t10?,11-/m1/s1. The summed E-state index contributed by atoms with van der Waals surface area (Å²) in [5.74, 6) is 0.137. The smallest absolute Gasteiger partial charge is 0.239 e. The Morgan fingerprint density at radius 2 is 2.11 bits per heavy atom. The molecule has 7 heteroatoms.